The molecule has 0 aliphatic rings. The molecular weight excluding hydrogens is 192 g/mol. The highest BCUT2D eigenvalue weighted by molar-refractivity contribution is 5.25. The Labute approximate surface area is 102 Å². The smallest absolute Gasteiger partial charge is 0.00732 e. The SMILES string of the molecule is C=C(C=C(CC)CCCC)CC(=CC)CC. The first-order valence-corrected chi connectivity index (χ1v) is 6.69. The summed E-state index contributed by atoms with van der Waals surface area (Å²) >= 11 is 0. The minimum Gasteiger partial charge on any atom is -0.0955 e. The van der Waals surface area contributed by atoms with E-state index in [1.165, 1.54) is 30.4 Å². The van der Waals surface area contributed by atoms with Crippen LogP contribution in [0.25, 0.3) is 0 Å². The third-order valence-corrected chi connectivity index (χ3v) is 3.03. The molecule has 0 aromatic rings. The summed E-state index contributed by atoms with van der Waals surface area (Å²) in [6, 6.07) is 0. The van der Waals surface area contributed by atoms with Crippen molar-refractivity contribution in [3.05, 3.63) is 35.5 Å². The third kappa shape index (κ3) is 6.66. The van der Waals surface area contributed by atoms with Gasteiger partial charge in [-0.3, -0.25) is 0 Å². The molecule has 0 saturated carbocycles. The van der Waals surface area contributed by atoms with Crippen molar-refractivity contribution in [1.29, 1.82) is 0 Å². The van der Waals surface area contributed by atoms with E-state index in [0.717, 1.165) is 19.3 Å². The molecule has 0 aromatic heterocycles. The Hall–Kier alpha value is -0.780. The van der Waals surface area contributed by atoms with Crippen molar-refractivity contribution < 1.29 is 0 Å². The lowest BCUT2D eigenvalue weighted by Crippen LogP contribution is -1.87. The zero-order valence-electron chi connectivity index (χ0n) is 11.6. The topological polar surface area (TPSA) is 0 Å². The summed E-state index contributed by atoms with van der Waals surface area (Å²) in [7, 11) is 0. The molecular formula is C16H28. The summed E-state index contributed by atoms with van der Waals surface area (Å²) in [5.74, 6) is 0. The first-order chi connectivity index (χ1) is 7.67. The lowest BCUT2D eigenvalue weighted by molar-refractivity contribution is 0.765. The van der Waals surface area contributed by atoms with Crippen LogP contribution in [0, 0.1) is 0 Å². The Morgan fingerprint density at radius 2 is 1.69 bits per heavy atom. The van der Waals surface area contributed by atoms with Crippen LogP contribution in [-0.4, -0.2) is 0 Å². The van der Waals surface area contributed by atoms with Gasteiger partial charge in [0, 0.05) is 0 Å². The van der Waals surface area contributed by atoms with E-state index in [4.69, 9.17) is 0 Å². The minimum atomic E-state index is 1.04. The van der Waals surface area contributed by atoms with Gasteiger partial charge in [-0.25, -0.2) is 0 Å². The van der Waals surface area contributed by atoms with Crippen LogP contribution in [0.1, 0.15) is 66.2 Å². The molecule has 0 aliphatic heterocycles. The maximum absolute atomic E-state index is 4.17. The largest absolute Gasteiger partial charge is 0.0955 e. The second kappa shape index (κ2) is 9.45. The number of allylic oxidation sites excluding steroid dienone is 5. The average molecular weight is 220 g/mol. The summed E-state index contributed by atoms with van der Waals surface area (Å²) in [4.78, 5) is 0. The fraction of sp³-hybridized carbons (Fsp3) is 0.625. The van der Waals surface area contributed by atoms with Gasteiger partial charge in [-0.05, 0) is 39.0 Å². The second-order valence-electron chi connectivity index (χ2n) is 4.40. The molecule has 92 valence electrons. The van der Waals surface area contributed by atoms with Crippen molar-refractivity contribution >= 4 is 0 Å². The van der Waals surface area contributed by atoms with E-state index < -0.39 is 0 Å². The molecule has 0 atom stereocenters. The van der Waals surface area contributed by atoms with E-state index in [0.29, 0.717) is 0 Å². The van der Waals surface area contributed by atoms with Gasteiger partial charge in [0.15, 0.2) is 0 Å². The minimum absolute atomic E-state index is 1.04. The Balaban J connectivity index is 4.30. The molecule has 0 fully saturated rings. The number of rotatable bonds is 8. The Bertz CT molecular complexity index is 253. The third-order valence-electron chi connectivity index (χ3n) is 3.03. The highest BCUT2D eigenvalue weighted by Gasteiger charge is 1.98. The molecule has 0 unspecified atom stereocenters. The summed E-state index contributed by atoms with van der Waals surface area (Å²) in [6.07, 6.45) is 11.7. The molecule has 0 heterocycles. The molecule has 0 rings (SSSR count). The summed E-state index contributed by atoms with van der Waals surface area (Å²) in [6.45, 7) is 13.0. The van der Waals surface area contributed by atoms with Crippen LogP contribution >= 0.6 is 0 Å². The normalized spacial score (nSPS) is 13.0. The highest BCUT2D eigenvalue weighted by Crippen LogP contribution is 2.18. The van der Waals surface area contributed by atoms with Crippen LogP contribution in [0.3, 0.4) is 0 Å². The van der Waals surface area contributed by atoms with Crippen LogP contribution in [0.2, 0.25) is 0 Å². The molecule has 0 spiro atoms. The van der Waals surface area contributed by atoms with Crippen molar-refractivity contribution in [1.82, 2.24) is 0 Å². The highest BCUT2D eigenvalue weighted by atomic mass is 14.0. The molecule has 16 heavy (non-hydrogen) atoms. The molecule has 0 radical (unpaired) electrons. The Morgan fingerprint density at radius 1 is 1.06 bits per heavy atom. The fourth-order valence-electron chi connectivity index (χ4n) is 1.82. The van der Waals surface area contributed by atoms with Crippen LogP contribution < -0.4 is 0 Å². The van der Waals surface area contributed by atoms with Gasteiger partial charge >= 0.3 is 0 Å². The lowest BCUT2D eigenvalue weighted by Gasteiger charge is -2.07. The van der Waals surface area contributed by atoms with E-state index >= 15 is 0 Å². The summed E-state index contributed by atoms with van der Waals surface area (Å²) < 4.78 is 0. The predicted molar refractivity (Wildman–Crippen MR) is 75.7 cm³/mol. The zero-order chi connectivity index (χ0) is 12.4. The maximum Gasteiger partial charge on any atom is -0.00732 e. The average Bonchev–Trinajstić information content (AvgIpc) is 2.31. The monoisotopic (exact) mass is 220 g/mol. The summed E-state index contributed by atoms with van der Waals surface area (Å²) in [5.41, 5.74) is 4.31. The van der Waals surface area contributed by atoms with E-state index in [2.05, 4.69) is 46.4 Å². The number of hydrogen-bond acceptors (Lipinski definition) is 0. The van der Waals surface area contributed by atoms with Crippen molar-refractivity contribution in [2.45, 2.75) is 66.2 Å². The standard InChI is InChI=1S/C16H28/c1-6-10-11-16(9-4)13-14(5)12-15(7-2)8-3/h7,13H,5-6,8-12H2,1-4H3. The maximum atomic E-state index is 4.17. The molecule has 0 nitrogen and oxygen atoms in total. The summed E-state index contributed by atoms with van der Waals surface area (Å²) in [5, 5.41) is 0. The molecule has 0 aliphatic carbocycles. The van der Waals surface area contributed by atoms with E-state index in [1.54, 1.807) is 5.57 Å². The molecule has 0 heteroatoms. The van der Waals surface area contributed by atoms with E-state index in [-0.39, 0.29) is 0 Å². The van der Waals surface area contributed by atoms with Gasteiger partial charge in [0.05, 0.1) is 0 Å². The first kappa shape index (κ1) is 15.2. The molecule has 0 aromatic carbocycles. The van der Waals surface area contributed by atoms with Crippen molar-refractivity contribution in [3.63, 3.8) is 0 Å². The predicted octanol–water partition coefficient (Wildman–Crippen LogP) is 5.82. The fourth-order valence-corrected chi connectivity index (χ4v) is 1.82. The van der Waals surface area contributed by atoms with E-state index in [1.807, 2.05) is 0 Å². The molecule has 0 amide bonds. The Kier molecular flexibility index (Phi) is 8.99. The van der Waals surface area contributed by atoms with Gasteiger partial charge in [-0.1, -0.05) is 62.6 Å². The van der Waals surface area contributed by atoms with Gasteiger partial charge in [0.2, 0.25) is 0 Å². The van der Waals surface area contributed by atoms with Crippen LogP contribution in [0.15, 0.2) is 35.5 Å². The zero-order valence-corrected chi connectivity index (χ0v) is 11.6. The van der Waals surface area contributed by atoms with Gasteiger partial charge in [-0.2, -0.15) is 0 Å². The quantitative estimate of drug-likeness (QED) is 0.357. The van der Waals surface area contributed by atoms with Gasteiger partial charge in [-0.15, -0.1) is 0 Å². The van der Waals surface area contributed by atoms with Crippen LogP contribution in [0.5, 0.6) is 0 Å². The molecule has 0 saturated heterocycles. The molecule has 0 N–H and O–H groups in total. The van der Waals surface area contributed by atoms with Crippen LogP contribution in [-0.2, 0) is 0 Å². The molecule has 0 bridgehead atoms. The van der Waals surface area contributed by atoms with Crippen molar-refractivity contribution in [2.75, 3.05) is 0 Å². The Morgan fingerprint density at radius 3 is 2.12 bits per heavy atom. The van der Waals surface area contributed by atoms with E-state index in [9.17, 15) is 0 Å². The first-order valence-electron chi connectivity index (χ1n) is 6.69. The number of unbranched alkanes of at least 4 members (excludes halogenated alkanes) is 1. The van der Waals surface area contributed by atoms with Crippen molar-refractivity contribution in [2.24, 2.45) is 0 Å². The number of hydrogen-bond donors (Lipinski definition) is 0. The lowest BCUT2D eigenvalue weighted by atomic mass is 9.99. The van der Waals surface area contributed by atoms with Gasteiger partial charge < -0.3 is 0 Å². The van der Waals surface area contributed by atoms with Crippen LogP contribution in [0.4, 0.5) is 0 Å². The van der Waals surface area contributed by atoms with Crippen molar-refractivity contribution in [3.8, 4) is 0 Å². The van der Waals surface area contributed by atoms with Gasteiger partial charge in [0.25, 0.3) is 0 Å². The second-order valence-corrected chi connectivity index (χ2v) is 4.40. The van der Waals surface area contributed by atoms with Gasteiger partial charge in [0.1, 0.15) is 0 Å².